The fourth-order valence-corrected chi connectivity index (χ4v) is 3.65. The largest absolute Gasteiger partial charge is 0.495 e. The SMILES string of the molecule is COc1cc(OC)c(NC(=O)c2cccnc2SCc2ccncc2)cc1Cl. The fourth-order valence-electron chi connectivity index (χ4n) is 2.46. The van der Waals surface area contributed by atoms with Gasteiger partial charge in [-0.25, -0.2) is 4.98 Å². The van der Waals surface area contributed by atoms with Gasteiger partial charge in [-0.1, -0.05) is 11.6 Å². The Kier molecular flexibility index (Phi) is 6.73. The summed E-state index contributed by atoms with van der Waals surface area (Å²) >= 11 is 7.66. The Morgan fingerprint density at radius 1 is 1.11 bits per heavy atom. The van der Waals surface area contributed by atoms with Gasteiger partial charge in [0.1, 0.15) is 16.5 Å². The van der Waals surface area contributed by atoms with Gasteiger partial charge in [-0.05, 0) is 35.9 Å². The first-order valence-corrected chi connectivity index (χ1v) is 9.68. The van der Waals surface area contributed by atoms with Gasteiger partial charge in [-0.2, -0.15) is 0 Å². The predicted molar refractivity (Wildman–Crippen MR) is 111 cm³/mol. The molecule has 0 saturated heterocycles. The summed E-state index contributed by atoms with van der Waals surface area (Å²) in [6.45, 7) is 0. The smallest absolute Gasteiger partial charge is 0.258 e. The normalized spacial score (nSPS) is 10.4. The van der Waals surface area contributed by atoms with Crippen molar-refractivity contribution < 1.29 is 14.3 Å². The fraction of sp³-hybridized carbons (Fsp3) is 0.150. The van der Waals surface area contributed by atoms with Crippen LogP contribution in [0.3, 0.4) is 0 Å². The van der Waals surface area contributed by atoms with E-state index in [4.69, 9.17) is 21.1 Å². The van der Waals surface area contributed by atoms with E-state index in [2.05, 4.69) is 15.3 Å². The highest BCUT2D eigenvalue weighted by Gasteiger charge is 2.17. The standard InChI is InChI=1S/C20H18ClN3O3S/c1-26-17-11-18(27-2)16(10-15(17)21)24-19(25)14-4-3-7-23-20(14)28-12-13-5-8-22-9-6-13/h3-11H,12H2,1-2H3,(H,24,25). The number of ether oxygens (including phenoxy) is 2. The van der Waals surface area contributed by atoms with Gasteiger partial charge in [-0.3, -0.25) is 9.78 Å². The van der Waals surface area contributed by atoms with Gasteiger partial charge >= 0.3 is 0 Å². The van der Waals surface area contributed by atoms with Crippen LogP contribution in [0, 0.1) is 0 Å². The number of halogens is 1. The zero-order valence-electron chi connectivity index (χ0n) is 15.3. The molecule has 0 atom stereocenters. The monoisotopic (exact) mass is 415 g/mol. The molecule has 1 amide bonds. The molecule has 0 radical (unpaired) electrons. The van der Waals surface area contributed by atoms with Crippen molar-refractivity contribution in [3.63, 3.8) is 0 Å². The Bertz CT molecular complexity index is 970. The second-order valence-corrected chi connectivity index (χ2v) is 7.01. The number of aromatic nitrogens is 2. The first kappa shape index (κ1) is 20.0. The summed E-state index contributed by atoms with van der Waals surface area (Å²) in [5.74, 6) is 1.29. The molecule has 28 heavy (non-hydrogen) atoms. The highest BCUT2D eigenvalue weighted by atomic mass is 35.5. The van der Waals surface area contributed by atoms with E-state index in [1.165, 1.54) is 26.0 Å². The quantitative estimate of drug-likeness (QED) is 0.564. The summed E-state index contributed by atoms with van der Waals surface area (Å²) in [4.78, 5) is 21.2. The topological polar surface area (TPSA) is 73.3 Å². The van der Waals surface area contributed by atoms with Crippen LogP contribution in [-0.4, -0.2) is 30.1 Å². The van der Waals surface area contributed by atoms with E-state index in [0.29, 0.717) is 38.6 Å². The number of carbonyl (C=O) groups excluding carboxylic acids is 1. The molecule has 0 aliphatic heterocycles. The molecule has 3 aromatic rings. The summed E-state index contributed by atoms with van der Waals surface area (Å²) in [6, 6.07) is 10.5. The molecule has 0 spiro atoms. The van der Waals surface area contributed by atoms with Gasteiger partial charge in [0.15, 0.2) is 0 Å². The molecule has 2 heterocycles. The second kappa shape index (κ2) is 9.43. The van der Waals surface area contributed by atoms with Gasteiger partial charge < -0.3 is 14.8 Å². The van der Waals surface area contributed by atoms with Crippen LogP contribution in [0.2, 0.25) is 5.02 Å². The van der Waals surface area contributed by atoms with Gasteiger partial charge in [0.25, 0.3) is 5.91 Å². The van der Waals surface area contributed by atoms with Crippen molar-refractivity contribution in [3.8, 4) is 11.5 Å². The summed E-state index contributed by atoms with van der Waals surface area (Å²) in [5, 5.41) is 3.85. The number of nitrogens with one attached hydrogen (secondary N) is 1. The molecule has 1 N–H and O–H groups in total. The molecule has 0 saturated carbocycles. The Morgan fingerprint density at radius 3 is 2.57 bits per heavy atom. The van der Waals surface area contributed by atoms with Crippen LogP contribution in [0.25, 0.3) is 0 Å². The van der Waals surface area contributed by atoms with E-state index in [-0.39, 0.29) is 5.91 Å². The molecule has 8 heteroatoms. The number of hydrogen-bond acceptors (Lipinski definition) is 6. The highest BCUT2D eigenvalue weighted by Crippen LogP contribution is 2.36. The number of thioether (sulfide) groups is 1. The van der Waals surface area contributed by atoms with Crippen molar-refractivity contribution in [2.45, 2.75) is 10.8 Å². The average molecular weight is 416 g/mol. The number of rotatable bonds is 7. The van der Waals surface area contributed by atoms with E-state index in [1.54, 1.807) is 42.9 Å². The number of nitrogens with zero attached hydrogens (tertiary/aromatic N) is 2. The lowest BCUT2D eigenvalue weighted by atomic mass is 10.2. The van der Waals surface area contributed by atoms with E-state index < -0.39 is 0 Å². The summed E-state index contributed by atoms with van der Waals surface area (Å²) in [6.07, 6.45) is 5.14. The number of benzene rings is 1. The molecular weight excluding hydrogens is 398 g/mol. The van der Waals surface area contributed by atoms with Crippen LogP contribution < -0.4 is 14.8 Å². The minimum atomic E-state index is -0.301. The first-order chi connectivity index (χ1) is 13.6. The molecule has 144 valence electrons. The molecule has 6 nitrogen and oxygen atoms in total. The van der Waals surface area contributed by atoms with E-state index >= 15 is 0 Å². The number of hydrogen-bond donors (Lipinski definition) is 1. The third kappa shape index (κ3) is 4.74. The minimum Gasteiger partial charge on any atom is -0.495 e. The van der Waals surface area contributed by atoms with Crippen molar-refractivity contribution in [1.82, 2.24) is 9.97 Å². The van der Waals surface area contributed by atoms with Crippen molar-refractivity contribution in [2.75, 3.05) is 19.5 Å². The van der Waals surface area contributed by atoms with Crippen LogP contribution in [-0.2, 0) is 5.75 Å². The van der Waals surface area contributed by atoms with Gasteiger partial charge in [0.05, 0.1) is 30.5 Å². The van der Waals surface area contributed by atoms with Crippen LogP contribution >= 0.6 is 23.4 Å². The molecule has 0 aliphatic carbocycles. The zero-order chi connectivity index (χ0) is 19.9. The van der Waals surface area contributed by atoms with Crippen molar-refractivity contribution in [1.29, 1.82) is 0 Å². The third-order valence-electron chi connectivity index (χ3n) is 3.86. The van der Waals surface area contributed by atoms with Crippen LogP contribution in [0.15, 0.2) is 60.0 Å². The Labute approximate surface area is 172 Å². The van der Waals surface area contributed by atoms with Gasteiger partial charge in [0.2, 0.25) is 0 Å². The molecule has 0 fully saturated rings. The van der Waals surface area contributed by atoms with Crippen molar-refractivity contribution in [3.05, 3.63) is 71.1 Å². The van der Waals surface area contributed by atoms with Gasteiger partial charge in [-0.15, -0.1) is 11.8 Å². The summed E-state index contributed by atoms with van der Waals surface area (Å²) in [5.41, 5.74) is 2.02. The van der Waals surface area contributed by atoms with Crippen molar-refractivity contribution in [2.24, 2.45) is 0 Å². The van der Waals surface area contributed by atoms with E-state index in [0.717, 1.165) is 5.56 Å². The number of amides is 1. The Morgan fingerprint density at radius 2 is 1.86 bits per heavy atom. The number of methoxy groups -OCH3 is 2. The molecule has 0 unspecified atom stereocenters. The minimum absolute atomic E-state index is 0.301. The van der Waals surface area contributed by atoms with Crippen LogP contribution in [0.4, 0.5) is 5.69 Å². The third-order valence-corrected chi connectivity index (χ3v) is 5.23. The molecular formula is C20H18ClN3O3S. The second-order valence-electron chi connectivity index (χ2n) is 5.64. The maximum Gasteiger partial charge on any atom is 0.258 e. The first-order valence-electron chi connectivity index (χ1n) is 8.32. The Hall–Kier alpha value is -2.77. The highest BCUT2D eigenvalue weighted by molar-refractivity contribution is 7.98. The predicted octanol–water partition coefficient (Wildman–Crippen LogP) is 4.69. The molecule has 0 bridgehead atoms. The summed E-state index contributed by atoms with van der Waals surface area (Å²) < 4.78 is 10.5. The average Bonchev–Trinajstić information content (AvgIpc) is 2.73. The van der Waals surface area contributed by atoms with Gasteiger partial charge in [0, 0.05) is 30.4 Å². The lowest BCUT2D eigenvalue weighted by Gasteiger charge is -2.14. The van der Waals surface area contributed by atoms with E-state index in [1.807, 2.05) is 12.1 Å². The number of pyridine rings is 2. The van der Waals surface area contributed by atoms with E-state index in [9.17, 15) is 4.79 Å². The maximum absolute atomic E-state index is 12.9. The number of anilines is 1. The molecule has 0 aliphatic rings. The molecule has 1 aromatic carbocycles. The Balaban J connectivity index is 1.81. The van der Waals surface area contributed by atoms with Crippen LogP contribution in [0.5, 0.6) is 11.5 Å². The molecule has 2 aromatic heterocycles. The zero-order valence-corrected chi connectivity index (χ0v) is 16.9. The maximum atomic E-state index is 12.9. The lowest BCUT2D eigenvalue weighted by Crippen LogP contribution is -2.14. The van der Waals surface area contributed by atoms with Crippen LogP contribution in [0.1, 0.15) is 15.9 Å². The molecule has 3 rings (SSSR count). The lowest BCUT2D eigenvalue weighted by molar-refractivity contribution is 0.102. The summed E-state index contributed by atoms with van der Waals surface area (Å²) in [7, 11) is 3.03. The number of carbonyl (C=O) groups is 1. The van der Waals surface area contributed by atoms with Crippen molar-refractivity contribution >= 4 is 35.0 Å².